The molecule has 2 atom stereocenters. The van der Waals surface area contributed by atoms with Gasteiger partial charge in [-0.15, -0.1) is 0 Å². The number of hydrogen-bond acceptors (Lipinski definition) is 4. The van der Waals surface area contributed by atoms with Gasteiger partial charge in [-0.2, -0.15) is 0 Å². The number of carbonyl (C=O) groups is 2. The summed E-state index contributed by atoms with van der Waals surface area (Å²) >= 11 is 0. The Morgan fingerprint density at radius 1 is 0.422 bits per heavy atom. The summed E-state index contributed by atoms with van der Waals surface area (Å²) in [6.45, 7) is 0.675. The summed E-state index contributed by atoms with van der Waals surface area (Å²) in [5.41, 5.74) is 0. The molecule has 1 rings (SSSR count). The van der Waals surface area contributed by atoms with Crippen molar-refractivity contribution in [3.8, 4) is 0 Å². The SMILES string of the molecule is O=C(C=CCCCCCCCCCCCCCCCO)N[C@H]1C[C@H]1NC(=O)C=CCCCCCCCCCCCCCCCO. The average Bonchev–Trinajstić information content (AvgIpc) is 3.76. The summed E-state index contributed by atoms with van der Waals surface area (Å²) in [5, 5.41) is 23.6. The third-order valence-corrected chi connectivity index (χ3v) is 9.04. The number of amides is 2. The minimum absolute atomic E-state index is 0.0500. The zero-order valence-corrected chi connectivity index (χ0v) is 29.1. The number of carbonyl (C=O) groups excluding carboxylic acids is 2. The van der Waals surface area contributed by atoms with Crippen LogP contribution < -0.4 is 10.6 Å². The molecule has 0 heterocycles. The van der Waals surface area contributed by atoms with Crippen LogP contribution in [0.2, 0.25) is 0 Å². The smallest absolute Gasteiger partial charge is 0.243 e. The molecule has 1 saturated carbocycles. The molecule has 6 nitrogen and oxygen atoms in total. The van der Waals surface area contributed by atoms with Crippen LogP contribution in [-0.4, -0.2) is 47.3 Å². The van der Waals surface area contributed by atoms with Crippen molar-refractivity contribution in [2.24, 2.45) is 0 Å². The van der Waals surface area contributed by atoms with Crippen molar-refractivity contribution in [2.75, 3.05) is 13.2 Å². The van der Waals surface area contributed by atoms with Gasteiger partial charge in [0.1, 0.15) is 0 Å². The maximum absolute atomic E-state index is 12.2. The highest BCUT2D eigenvalue weighted by Gasteiger charge is 2.38. The number of aliphatic hydroxyl groups is 2. The van der Waals surface area contributed by atoms with Gasteiger partial charge in [-0.05, 0) is 57.1 Å². The summed E-state index contributed by atoms with van der Waals surface area (Å²) in [7, 11) is 0. The van der Waals surface area contributed by atoms with E-state index in [1.54, 1.807) is 12.2 Å². The Morgan fingerprint density at radius 3 is 0.933 bits per heavy atom. The largest absolute Gasteiger partial charge is 0.396 e. The summed E-state index contributed by atoms with van der Waals surface area (Å²) in [4.78, 5) is 24.3. The van der Waals surface area contributed by atoms with Crippen LogP contribution in [0, 0.1) is 0 Å². The molecule has 0 aromatic carbocycles. The highest BCUT2D eigenvalue weighted by Crippen LogP contribution is 2.21. The van der Waals surface area contributed by atoms with Gasteiger partial charge < -0.3 is 20.8 Å². The second-order valence-corrected chi connectivity index (χ2v) is 13.5. The topological polar surface area (TPSA) is 98.7 Å². The van der Waals surface area contributed by atoms with Crippen LogP contribution in [0.15, 0.2) is 24.3 Å². The standard InChI is InChI=1S/C39H72N2O4/c42-33-29-25-21-17-13-9-5-1-3-7-11-15-19-23-27-31-38(44)40-36-35-37(36)41-39(45)32-28-24-20-16-12-8-4-2-6-10-14-18-22-26-30-34-43/h27-28,31-32,36-37,42-43H,1-26,29-30,33-35H2,(H,40,44)(H,41,45)/t36-,37+. The van der Waals surface area contributed by atoms with Crippen molar-refractivity contribution in [3.05, 3.63) is 24.3 Å². The number of nitrogens with one attached hydrogen (secondary N) is 2. The molecule has 0 bridgehead atoms. The zero-order valence-electron chi connectivity index (χ0n) is 29.1. The van der Waals surface area contributed by atoms with Crippen molar-refractivity contribution < 1.29 is 19.8 Å². The monoisotopic (exact) mass is 633 g/mol. The predicted octanol–water partition coefficient (Wildman–Crippen LogP) is 9.38. The lowest BCUT2D eigenvalue weighted by Gasteiger charge is -2.03. The molecule has 0 spiro atoms. The molecule has 1 aliphatic carbocycles. The van der Waals surface area contributed by atoms with Crippen LogP contribution in [0.1, 0.15) is 186 Å². The fourth-order valence-corrected chi connectivity index (χ4v) is 5.99. The van der Waals surface area contributed by atoms with Crippen molar-refractivity contribution >= 4 is 11.8 Å². The van der Waals surface area contributed by atoms with E-state index in [-0.39, 0.29) is 23.9 Å². The van der Waals surface area contributed by atoms with E-state index >= 15 is 0 Å². The molecule has 0 saturated heterocycles. The molecule has 0 aromatic heterocycles. The van der Waals surface area contributed by atoms with E-state index in [0.717, 1.165) is 44.9 Å². The number of allylic oxidation sites excluding steroid dienone is 2. The van der Waals surface area contributed by atoms with Crippen molar-refractivity contribution in [3.63, 3.8) is 0 Å². The molecular weight excluding hydrogens is 560 g/mol. The quantitative estimate of drug-likeness (QED) is 0.0420. The first-order valence-electron chi connectivity index (χ1n) is 19.3. The Hall–Kier alpha value is -1.66. The molecule has 6 heteroatoms. The molecule has 0 radical (unpaired) electrons. The lowest BCUT2D eigenvalue weighted by Crippen LogP contribution is -2.33. The van der Waals surface area contributed by atoms with Gasteiger partial charge in [-0.3, -0.25) is 9.59 Å². The van der Waals surface area contributed by atoms with Crippen LogP contribution in [0.4, 0.5) is 0 Å². The maximum atomic E-state index is 12.2. The zero-order chi connectivity index (χ0) is 32.5. The van der Waals surface area contributed by atoms with Crippen LogP contribution in [-0.2, 0) is 9.59 Å². The fraction of sp³-hybridized carbons (Fsp3) is 0.846. The molecule has 4 N–H and O–H groups in total. The third-order valence-electron chi connectivity index (χ3n) is 9.04. The number of aliphatic hydroxyl groups excluding tert-OH is 2. The van der Waals surface area contributed by atoms with Crippen LogP contribution >= 0.6 is 0 Å². The van der Waals surface area contributed by atoms with Crippen LogP contribution in [0.3, 0.4) is 0 Å². The van der Waals surface area contributed by atoms with E-state index in [2.05, 4.69) is 10.6 Å². The van der Waals surface area contributed by atoms with E-state index in [0.29, 0.717) is 13.2 Å². The second kappa shape index (κ2) is 32.3. The number of rotatable bonds is 34. The Morgan fingerprint density at radius 2 is 0.667 bits per heavy atom. The Kier molecular flexibility index (Phi) is 29.7. The van der Waals surface area contributed by atoms with Gasteiger partial charge in [0.25, 0.3) is 0 Å². The summed E-state index contributed by atoms with van der Waals surface area (Å²) < 4.78 is 0. The van der Waals surface area contributed by atoms with Gasteiger partial charge in [-0.1, -0.05) is 153 Å². The van der Waals surface area contributed by atoms with E-state index < -0.39 is 0 Å². The van der Waals surface area contributed by atoms with Crippen molar-refractivity contribution in [1.29, 1.82) is 0 Å². The van der Waals surface area contributed by atoms with E-state index in [4.69, 9.17) is 10.2 Å². The van der Waals surface area contributed by atoms with Gasteiger partial charge in [0.05, 0.1) is 12.1 Å². The Balaban J connectivity index is 1.84. The van der Waals surface area contributed by atoms with E-state index in [9.17, 15) is 9.59 Å². The molecular formula is C39H72N2O4. The normalized spacial score (nSPS) is 16.1. The Labute approximate surface area is 277 Å². The van der Waals surface area contributed by atoms with Gasteiger partial charge in [0, 0.05) is 13.2 Å². The Bertz CT molecular complexity index is 679. The molecule has 262 valence electrons. The molecule has 1 fully saturated rings. The van der Waals surface area contributed by atoms with Crippen LogP contribution in [0.25, 0.3) is 0 Å². The first-order valence-corrected chi connectivity index (χ1v) is 19.3. The van der Waals surface area contributed by atoms with Gasteiger partial charge >= 0.3 is 0 Å². The fourth-order valence-electron chi connectivity index (χ4n) is 5.99. The number of unbranched alkanes of at least 4 members (excludes halogenated alkanes) is 26. The third kappa shape index (κ3) is 29.5. The van der Waals surface area contributed by atoms with Gasteiger partial charge in [-0.25, -0.2) is 0 Å². The molecule has 2 amide bonds. The summed E-state index contributed by atoms with van der Waals surface area (Å²) in [5.74, 6) is -0.100. The highest BCUT2D eigenvalue weighted by atomic mass is 16.3. The molecule has 45 heavy (non-hydrogen) atoms. The summed E-state index contributed by atoms with van der Waals surface area (Å²) in [6, 6.07) is 0.116. The molecule has 0 unspecified atom stereocenters. The average molecular weight is 633 g/mol. The summed E-state index contributed by atoms with van der Waals surface area (Å²) in [6.07, 6.45) is 42.9. The first kappa shape index (κ1) is 41.4. The lowest BCUT2D eigenvalue weighted by molar-refractivity contribution is -0.118. The van der Waals surface area contributed by atoms with Gasteiger partial charge in [0.15, 0.2) is 0 Å². The lowest BCUT2D eigenvalue weighted by atomic mass is 10.0. The highest BCUT2D eigenvalue weighted by molar-refractivity contribution is 5.89. The molecule has 1 aliphatic rings. The van der Waals surface area contributed by atoms with Gasteiger partial charge in [0.2, 0.25) is 11.8 Å². The minimum atomic E-state index is -0.0500. The van der Waals surface area contributed by atoms with E-state index in [1.807, 2.05) is 12.2 Å². The number of hydrogen-bond donors (Lipinski definition) is 4. The van der Waals surface area contributed by atoms with Crippen molar-refractivity contribution in [2.45, 2.75) is 198 Å². The van der Waals surface area contributed by atoms with Crippen molar-refractivity contribution in [1.82, 2.24) is 10.6 Å². The van der Waals surface area contributed by atoms with Crippen LogP contribution in [0.5, 0.6) is 0 Å². The maximum Gasteiger partial charge on any atom is 0.243 e. The molecule has 0 aliphatic heterocycles. The second-order valence-electron chi connectivity index (χ2n) is 13.5. The molecule has 0 aromatic rings. The minimum Gasteiger partial charge on any atom is -0.396 e. The predicted molar refractivity (Wildman–Crippen MR) is 190 cm³/mol. The van der Waals surface area contributed by atoms with E-state index in [1.165, 1.54) is 141 Å². The first-order chi connectivity index (χ1) is 22.2.